The molecule has 1 unspecified atom stereocenters. The summed E-state index contributed by atoms with van der Waals surface area (Å²) < 4.78 is 16.1. The first-order valence-corrected chi connectivity index (χ1v) is 7.60. The molecule has 1 atom stereocenters. The van der Waals surface area contributed by atoms with Crippen molar-refractivity contribution in [1.29, 1.82) is 0 Å². The standard InChI is InChI=1S/C17H27NO4/c1-13(2)15(18-12-19)10-14-6-7-16(21-4)17(11-14)22-9-5-8-20-3/h6-7,11-13,15H,5,8-10H2,1-4H3,(H,18,19). The molecule has 1 aromatic carbocycles. The number of amides is 1. The van der Waals surface area contributed by atoms with Gasteiger partial charge >= 0.3 is 0 Å². The second-order valence-corrected chi connectivity index (χ2v) is 5.52. The van der Waals surface area contributed by atoms with Crippen molar-refractivity contribution in [2.45, 2.75) is 32.7 Å². The molecule has 0 aliphatic rings. The van der Waals surface area contributed by atoms with Crippen molar-refractivity contribution in [3.63, 3.8) is 0 Å². The van der Waals surface area contributed by atoms with Crippen LogP contribution in [0.4, 0.5) is 0 Å². The Morgan fingerprint density at radius 2 is 1.95 bits per heavy atom. The molecule has 0 spiro atoms. The van der Waals surface area contributed by atoms with Gasteiger partial charge in [-0.2, -0.15) is 0 Å². The van der Waals surface area contributed by atoms with Crippen molar-refractivity contribution in [3.8, 4) is 11.5 Å². The summed E-state index contributed by atoms with van der Waals surface area (Å²) in [5.41, 5.74) is 1.11. The van der Waals surface area contributed by atoms with Crippen molar-refractivity contribution >= 4 is 6.41 Å². The first kappa shape index (κ1) is 18.3. The van der Waals surface area contributed by atoms with Gasteiger partial charge in [-0.3, -0.25) is 4.79 Å². The van der Waals surface area contributed by atoms with Gasteiger partial charge in [0.15, 0.2) is 11.5 Å². The third-order valence-corrected chi connectivity index (χ3v) is 3.52. The normalized spacial score (nSPS) is 12.0. The summed E-state index contributed by atoms with van der Waals surface area (Å²) >= 11 is 0. The number of carbonyl (C=O) groups is 1. The molecule has 0 saturated heterocycles. The molecule has 5 heteroatoms. The average molecular weight is 309 g/mol. The quantitative estimate of drug-likeness (QED) is 0.504. The average Bonchev–Trinajstić information content (AvgIpc) is 2.51. The number of rotatable bonds is 11. The van der Waals surface area contributed by atoms with Crippen LogP contribution in [-0.2, 0) is 16.0 Å². The van der Waals surface area contributed by atoms with E-state index in [1.54, 1.807) is 14.2 Å². The van der Waals surface area contributed by atoms with Crippen LogP contribution in [0.15, 0.2) is 18.2 Å². The molecule has 5 nitrogen and oxygen atoms in total. The van der Waals surface area contributed by atoms with E-state index < -0.39 is 0 Å². The zero-order valence-electron chi connectivity index (χ0n) is 13.9. The fraction of sp³-hybridized carbons (Fsp3) is 0.588. The highest BCUT2D eigenvalue weighted by atomic mass is 16.5. The third kappa shape index (κ3) is 5.93. The van der Waals surface area contributed by atoms with Gasteiger partial charge in [-0.05, 0) is 30.0 Å². The maximum absolute atomic E-state index is 10.7. The van der Waals surface area contributed by atoms with Crippen LogP contribution in [0.3, 0.4) is 0 Å². The SMILES string of the molecule is COCCCOc1cc(CC(NC=O)C(C)C)ccc1OC. The van der Waals surface area contributed by atoms with Crippen molar-refractivity contribution < 1.29 is 19.0 Å². The van der Waals surface area contributed by atoms with Gasteiger partial charge in [0.2, 0.25) is 6.41 Å². The Morgan fingerprint density at radius 3 is 2.55 bits per heavy atom. The van der Waals surface area contributed by atoms with Crippen LogP contribution >= 0.6 is 0 Å². The van der Waals surface area contributed by atoms with E-state index in [0.29, 0.717) is 24.9 Å². The first-order valence-electron chi connectivity index (χ1n) is 7.60. The fourth-order valence-electron chi connectivity index (χ4n) is 2.17. The number of hydrogen-bond acceptors (Lipinski definition) is 4. The summed E-state index contributed by atoms with van der Waals surface area (Å²) in [6.07, 6.45) is 2.34. The van der Waals surface area contributed by atoms with Crippen molar-refractivity contribution in [1.82, 2.24) is 5.32 Å². The van der Waals surface area contributed by atoms with Gasteiger partial charge in [0.25, 0.3) is 0 Å². The molecule has 1 aromatic rings. The Labute approximate surface area is 132 Å². The summed E-state index contributed by atoms with van der Waals surface area (Å²) in [6.45, 7) is 5.42. The number of nitrogens with one attached hydrogen (secondary N) is 1. The summed E-state index contributed by atoms with van der Waals surface area (Å²) in [5, 5.41) is 2.87. The molecule has 0 aromatic heterocycles. The van der Waals surface area contributed by atoms with Crippen LogP contribution in [0.5, 0.6) is 11.5 Å². The monoisotopic (exact) mass is 309 g/mol. The van der Waals surface area contributed by atoms with E-state index in [9.17, 15) is 4.79 Å². The minimum Gasteiger partial charge on any atom is -0.493 e. The molecule has 0 bridgehead atoms. The molecule has 1 N–H and O–H groups in total. The number of ether oxygens (including phenoxy) is 3. The molecular weight excluding hydrogens is 282 g/mol. The van der Waals surface area contributed by atoms with Gasteiger partial charge in [0, 0.05) is 26.2 Å². The maximum atomic E-state index is 10.7. The highest BCUT2D eigenvalue weighted by Crippen LogP contribution is 2.29. The number of methoxy groups -OCH3 is 2. The van der Waals surface area contributed by atoms with Gasteiger partial charge < -0.3 is 19.5 Å². The lowest BCUT2D eigenvalue weighted by Crippen LogP contribution is -2.34. The lowest BCUT2D eigenvalue weighted by molar-refractivity contribution is -0.110. The van der Waals surface area contributed by atoms with E-state index in [4.69, 9.17) is 14.2 Å². The Bertz CT molecular complexity index is 448. The topological polar surface area (TPSA) is 56.8 Å². The van der Waals surface area contributed by atoms with E-state index in [2.05, 4.69) is 19.2 Å². The third-order valence-electron chi connectivity index (χ3n) is 3.52. The van der Waals surface area contributed by atoms with Crippen molar-refractivity contribution in [3.05, 3.63) is 23.8 Å². The molecule has 1 amide bonds. The van der Waals surface area contributed by atoms with Gasteiger partial charge in [-0.25, -0.2) is 0 Å². The predicted octanol–water partition coefficient (Wildman–Crippen LogP) is 2.42. The maximum Gasteiger partial charge on any atom is 0.207 e. The number of carbonyl (C=O) groups excluding carboxylic acids is 1. The van der Waals surface area contributed by atoms with Gasteiger partial charge in [-0.1, -0.05) is 19.9 Å². The van der Waals surface area contributed by atoms with E-state index in [-0.39, 0.29) is 6.04 Å². The zero-order chi connectivity index (χ0) is 16.4. The molecule has 0 fully saturated rings. The van der Waals surface area contributed by atoms with Crippen LogP contribution in [0.25, 0.3) is 0 Å². The van der Waals surface area contributed by atoms with E-state index in [0.717, 1.165) is 30.6 Å². The van der Waals surface area contributed by atoms with Crippen LogP contribution in [0, 0.1) is 5.92 Å². The summed E-state index contributed by atoms with van der Waals surface area (Å²) in [7, 11) is 3.30. The zero-order valence-corrected chi connectivity index (χ0v) is 13.9. The second-order valence-electron chi connectivity index (χ2n) is 5.52. The van der Waals surface area contributed by atoms with Gasteiger partial charge in [-0.15, -0.1) is 0 Å². The van der Waals surface area contributed by atoms with E-state index in [1.165, 1.54) is 0 Å². The van der Waals surface area contributed by atoms with Crippen molar-refractivity contribution in [2.75, 3.05) is 27.4 Å². The lowest BCUT2D eigenvalue weighted by atomic mass is 9.96. The Kier molecular flexibility index (Phi) is 8.36. The highest BCUT2D eigenvalue weighted by Gasteiger charge is 2.14. The number of benzene rings is 1. The molecule has 1 rings (SSSR count). The van der Waals surface area contributed by atoms with Gasteiger partial charge in [0.05, 0.1) is 13.7 Å². The van der Waals surface area contributed by atoms with Gasteiger partial charge in [0.1, 0.15) is 0 Å². The van der Waals surface area contributed by atoms with Crippen LogP contribution < -0.4 is 14.8 Å². The van der Waals surface area contributed by atoms with Crippen LogP contribution in [-0.4, -0.2) is 39.9 Å². The minimum absolute atomic E-state index is 0.104. The van der Waals surface area contributed by atoms with E-state index >= 15 is 0 Å². The van der Waals surface area contributed by atoms with Crippen molar-refractivity contribution in [2.24, 2.45) is 5.92 Å². The summed E-state index contributed by atoms with van der Waals surface area (Å²) in [4.78, 5) is 10.7. The molecule has 0 aliphatic heterocycles. The Hall–Kier alpha value is -1.75. The van der Waals surface area contributed by atoms with Crippen LogP contribution in [0.1, 0.15) is 25.8 Å². The molecular formula is C17H27NO4. The molecule has 124 valence electrons. The fourth-order valence-corrected chi connectivity index (χ4v) is 2.17. The Balaban J connectivity index is 2.77. The predicted molar refractivity (Wildman–Crippen MR) is 86.5 cm³/mol. The van der Waals surface area contributed by atoms with E-state index in [1.807, 2.05) is 18.2 Å². The molecule has 0 heterocycles. The smallest absolute Gasteiger partial charge is 0.207 e. The molecule has 0 radical (unpaired) electrons. The summed E-state index contributed by atoms with van der Waals surface area (Å²) in [5.74, 6) is 1.80. The second kappa shape index (κ2) is 10.1. The summed E-state index contributed by atoms with van der Waals surface area (Å²) in [6, 6.07) is 5.99. The highest BCUT2D eigenvalue weighted by molar-refractivity contribution is 5.47. The molecule has 0 saturated carbocycles. The molecule has 22 heavy (non-hydrogen) atoms. The molecule has 0 aliphatic carbocycles. The Morgan fingerprint density at radius 1 is 1.18 bits per heavy atom. The van der Waals surface area contributed by atoms with Crippen LogP contribution in [0.2, 0.25) is 0 Å². The largest absolute Gasteiger partial charge is 0.493 e. The minimum atomic E-state index is 0.104. The lowest BCUT2D eigenvalue weighted by Gasteiger charge is -2.21. The first-order chi connectivity index (χ1) is 10.6. The number of hydrogen-bond donors (Lipinski definition) is 1.